The van der Waals surface area contributed by atoms with E-state index in [-0.39, 0.29) is 18.9 Å². The Morgan fingerprint density at radius 2 is 0.704 bits per heavy atom. The Labute approximate surface area is 588 Å². The molecule has 3 fully saturated rings. The van der Waals surface area contributed by atoms with E-state index in [0.717, 1.165) is 116 Å². The Bertz CT molecular complexity index is 2250. The van der Waals surface area contributed by atoms with Crippen molar-refractivity contribution >= 4 is 5.91 Å². The van der Waals surface area contributed by atoms with Gasteiger partial charge in [0.15, 0.2) is 18.9 Å². The summed E-state index contributed by atoms with van der Waals surface area (Å²) in [6.07, 6.45) is 54.6. The molecule has 0 aromatic carbocycles. The number of nitrogens with one attached hydrogen (secondary N) is 1. The van der Waals surface area contributed by atoms with Crippen molar-refractivity contribution in [3.63, 3.8) is 0 Å². The monoisotopic (exact) mass is 1380 g/mol. The van der Waals surface area contributed by atoms with Crippen LogP contribution in [0.5, 0.6) is 0 Å². The number of hydrogen-bond donors (Lipinski definition) is 12. The van der Waals surface area contributed by atoms with Crippen LogP contribution in [0.15, 0.2) is 122 Å². The number of amides is 1. The molecule has 0 bridgehead atoms. The van der Waals surface area contributed by atoms with E-state index in [1.807, 2.05) is 6.08 Å². The van der Waals surface area contributed by atoms with E-state index in [0.29, 0.717) is 6.42 Å². The molecule has 0 aromatic heterocycles. The van der Waals surface area contributed by atoms with Gasteiger partial charge in [0.25, 0.3) is 0 Å². The first-order valence-electron chi connectivity index (χ1n) is 37.8. The fourth-order valence-corrected chi connectivity index (χ4v) is 11.9. The van der Waals surface area contributed by atoms with Gasteiger partial charge in [0.1, 0.15) is 73.2 Å². The van der Waals surface area contributed by atoms with E-state index < -0.39 is 124 Å². The topological polar surface area (TPSA) is 307 Å². The number of hydrogen-bond acceptors (Lipinski definition) is 18. The number of aliphatic hydroxyl groups excluding tert-OH is 11. The summed E-state index contributed by atoms with van der Waals surface area (Å²) in [7, 11) is 0. The molecule has 19 nitrogen and oxygen atoms in total. The maximum atomic E-state index is 13.4. The number of ether oxygens (including phenoxy) is 6. The molecule has 0 aliphatic carbocycles. The molecule has 0 saturated carbocycles. The Kier molecular flexibility index (Phi) is 52.9. The van der Waals surface area contributed by atoms with E-state index in [9.17, 15) is 61.0 Å². The Morgan fingerprint density at radius 1 is 0.378 bits per heavy atom. The van der Waals surface area contributed by atoms with Gasteiger partial charge in [0.2, 0.25) is 5.91 Å². The third kappa shape index (κ3) is 39.0. The number of carbonyl (C=O) groups is 1. The maximum absolute atomic E-state index is 13.4. The first-order valence-corrected chi connectivity index (χ1v) is 37.8. The van der Waals surface area contributed by atoms with Crippen LogP contribution in [0.25, 0.3) is 0 Å². The Morgan fingerprint density at radius 3 is 1.10 bits per heavy atom. The summed E-state index contributed by atoms with van der Waals surface area (Å²) in [5.74, 6) is -0.286. The molecular formula is C79H133NO18. The van der Waals surface area contributed by atoms with Gasteiger partial charge in [-0.15, -0.1) is 0 Å². The van der Waals surface area contributed by atoms with Crippen LogP contribution in [0, 0.1) is 0 Å². The molecule has 3 rings (SSSR count). The van der Waals surface area contributed by atoms with Gasteiger partial charge in [-0.3, -0.25) is 4.79 Å². The molecule has 3 heterocycles. The first-order chi connectivity index (χ1) is 47.8. The molecule has 19 heteroatoms. The molecule has 17 unspecified atom stereocenters. The molecule has 12 N–H and O–H groups in total. The Hall–Kier alpha value is -3.81. The summed E-state index contributed by atoms with van der Waals surface area (Å²) < 4.78 is 34.4. The van der Waals surface area contributed by atoms with Crippen LogP contribution in [0.3, 0.4) is 0 Å². The molecule has 562 valence electrons. The summed E-state index contributed by atoms with van der Waals surface area (Å²) in [5, 5.41) is 121. The average molecular weight is 1380 g/mol. The minimum Gasteiger partial charge on any atom is -0.394 e. The van der Waals surface area contributed by atoms with Gasteiger partial charge in [-0.1, -0.05) is 264 Å². The fraction of sp³-hybridized carbons (Fsp3) is 0.734. The number of allylic oxidation sites excluding steroid dienone is 19. The molecular weight excluding hydrogens is 1250 g/mol. The van der Waals surface area contributed by atoms with Crippen molar-refractivity contribution in [3.8, 4) is 0 Å². The van der Waals surface area contributed by atoms with Gasteiger partial charge in [-0.05, 0) is 89.9 Å². The predicted octanol–water partition coefficient (Wildman–Crippen LogP) is 11.6. The summed E-state index contributed by atoms with van der Waals surface area (Å²) in [6, 6.07) is -0.985. The SMILES string of the molecule is CC/C=C\C/C=C\C/C=C\C/C=C\C/C=C\C/C=C\C/C=C\C/C=C\C/C=C\CCCCCCCCCCCC(=O)NC(COC1OC(CO)C(OC2OC(CO)C(OC3OC(CO)C(O)C(O)C3O)C(O)C2O)C(O)C1O)C(O)/C=C/CCCCCCCCCCCCCCCC. The van der Waals surface area contributed by atoms with Crippen molar-refractivity contribution < 1.29 is 89.4 Å². The zero-order chi connectivity index (χ0) is 71.1. The van der Waals surface area contributed by atoms with E-state index >= 15 is 0 Å². The smallest absolute Gasteiger partial charge is 0.220 e. The molecule has 3 aliphatic rings. The summed E-state index contributed by atoms with van der Waals surface area (Å²) in [6.45, 7) is 1.61. The molecule has 3 aliphatic heterocycles. The van der Waals surface area contributed by atoms with Crippen LogP contribution in [0.1, 0.15) is 239 Å². The zero-order valence-electron chi connectivity index (χ0n) is 59.7. The van der Waals surface area contributed by atoms with Crippen LogP contribution < -0.4 is 5.32 Å². The van der Waals surface area contributed by atoms with Gasteiger partial charge < -0.3 is 89.9 Å². The largest absolute Gasteiger partial charge is 0.394 e. The van der Waals surface area contributed by atoms with E-state index in [4.69, 9.17) is 28.4 Å². The van der Waals surface area contributed by atoms with Crippen molar-refractivity contribution in [1.82, 2.24) is 5.32 Å². The third-order valence-corrected chi connectivity index (χ3v) is 18.0. The highest BCUT2D eigenvalue weighted by molar-refractivity contribution is 5.76. The van der Waals surface area contributed by atoms with Crippen LogP contribution in [0.2, 0.25) is 0 Å². The van der Waals surface area contributed by atoms with Crippen LogP contribution in [-0.2, 0) is 33.2 Å². The highest BCUT2D eigenvalue weighted by atomic mass is 16.8. The zero-order valence-corrected chi connectivity index (χ0v) is 59.7. The van der Waals surface area contributed by atoms with Crippen LogP contribution in [-0.4, -0.2) is 193 Å². The Balaban J connectivity index is 1.36. The lowest BCUT2D eigenvalue weighted by Crippen LogP contribution is -2.66. The van der Waals surface area contributed by atoms with Crippen molar-refractivity contribution in [2.45, 2.75) is 343 Å². The van der Waals surface area contributed by atoms with Crippen molar-refractivity contribution in [1.29, 1.82) is 0 Å². The van der Waals surface area contributed by atoms with Crippen LogP contribution >= 0.6 is 0 Å². The average Bonchev–Trinajstić information content (AvgIpc) is 0.784. The highest BCUT2D eigenvalue weighted by Crippen LogP contribution is 2.33. The summed E-state index contributed by atoms with van der Waals surface area (Å²) in [4.78, 5) is 13.4. The lowest BCUT2D eigenvalue weighted by atomic mass is 9.96. The standard InChI is InChI=1S/C79H133NO18/c1-3-5-7-9-11-13-15-17-19-21-22-23-24-25-26-27-28-29-30-31-32-33-34-35-36-37-38-39-40-41-43-45-47-49-51-53-55-57-67(85)80-62(63(84)56-54-52-50-48-46-44-42-20-18-16-14-12-10-8-6-4-2)61-93-77-73(91)70(88)75(65(59-82)95-77)98-79-74(92)71(89)76(66(60-83)96-79)97-78-72(90)69(87)68(86)64(58-81)94-78/h5,7,11,13,17,19,22-23,25-26,28-29,31-32,34-35,37-38,54,56,62-66,68-79,81-84,86-92H,3-4,6,8-10,12,14-16,18,20-21,24,27,30,33,36,39-53,55,57-61H2,1-2H3,(H,80,85)/b7-5-,13-11-,19-17-,23-22-,26-25-,29-28-,32-31-,35-34-,38-37-,56-54+. The highest BCUT2D eigenvalue weighted by Gasteiger charge is 2.53. The fourth-order valence-electron chi connectivity index (χ4n) is 11.9. The number of carbonyl (C=O) groups excluding carboxylic acids is 1. The molecule has 0 aromatic rings. The normalized spacial score (nSPS) is 27.5. The minimum atomic E-state index is -1.98. The van der Waals surface area contributed by atoms with Crippen molar-refractivity contribution in [2.75, 3.05) is 26.4 Å². The van der Waals surface area contributed by atoms with Crippen molar-refractivity contribution in [3.05, 3.63) is 122 Å². The summed E-state index contributed by atoms with van der Waals surface area (Å²) >= 11 is 0. The van der Waals surface area contributed by atoms with Crippen LogP contribution in [0.4, 0.5) is 0 Å². The molecule has 98 heavy (non-hydrogen) atoms. The molecule has 3 saturated heterocycles. The maximum Gasteiger partial charge on any atom is 0.220 e. The van der Waals surface area contributed by atoms with Gasteiger partial charge in [0.05, 0.1) is 38.6 Å². The third-order valence-electron chi connectivity index (χ3n) is 18.0. The van der Waals surface area contributed by atoms with Gasteiger partial charge >= 0.3 is 0 Å². The molecule has 0 spiro atoms. The lowest BCUT2D eigenvalue weighted by Gasteiger charge is -2.48. The van der Waals surface area contributed by atoms with E-state index in [2.05, 4.69) is 129 Å². The minimum absolute atomic E-state index is 0.229. The molecule has 1 amide bonds. The van der Waals surface area contributed by atoms with Gasteiger partial charge in [0, 0.05) is 6.42 Å². The quantitative estimate of drug-likeness (QED) is 0.0199. The molecule has 0 radical (unpaired) electrons. The molecule has 17 atom stereocenters. The second-order valence-corrected chi connectivity index (χ2v) is 26.4. The van der Waals surface area contributed by atoms with E-state index in [1.54, 1.807) is 6.08 Å². The number of rotatable bonds is 57. The van der Waals surface area contributed by atoms with Gasteiger partial charge in [-0.25, -0.2) is 0 Å². The van der Waals surface area contributed by atoms with Gasteiger partial charge in [-0.2, -0.15) is 0 Å². The lowest BCUT2D eigenvalue weighted by molar-refractivity contribution is -0.379. The predicted molar refractivity (Wildman–Crippen MR) is 387 cm³/mol. The second kappa shape index (κ2) is 58.7. The number of aliphatic hydroxyl groups is 11. The summed E-state index contributed by atoms with van der Waals surface area (Å²) in [5.41, 5.74) is 0. The second-order valence-electron chi connectivity index (χ2n) is 26.4. The van der Waals surface area contributed by atoms with E-state index in [1.165, 1.54) is 96.3 Å². The number of unbranched alkanes of at least 4 members (excludes halogenated alkanes) is 23. The first kappa shape index (κ1) is 88.4. The van der Waals surface area contributed by atoms with Crippen molar-refractivity contribution in [2.24, 2.45) is 0 Å².